The number of carboxylic acids is 1. The SMILES string of the molecule is CCc1ccc(C(=O)N2CSC[C@H]2C(=O)O)cc1. The van der Waals surface area contributed by atoms with Crippen LogP contribution in [0.2, 0.25) is 0 Å². The molecule has 1 aliphatic rings. The van der Waals surface area contributed by atoms with E-state index in [0.29, 0.717) is 17.2 Å². The lowest BCUT2D eigenvalue weighted by Gasteiger charge is -2.20. The van der Waals surface area contributed by atoms with Crippen LogP contribution in [0.4, 0.5) is 0 Å². The van der Waals surface area contributed by atoms with E-state index >= 15 is 0 Å². The Hall–Kier alpha value is -1.49. The fraction of sp³-hybridized carbons (Fsp3) is 0.385. The first-order chi connectivity index (χ1) is 8.63. The largest absolute Gasteiger partial charge is 0.480 e. The highest BCUT2D eigenvalue weighted by atomic mass is 32.2. The average molecular weight is 265 g/mol. The predicted molar refractivity (Wildman–Crippen MR) is 70.7 cm³/mol. The molecule has 0 radical (unpaired) electrons. The van der Waals surface area contributed by atoms with Crippen molar-refractivity contribution < 1.29 is 14.7 Å². The predicted octanol–water partition coefficient (Wildman–Crippen LogP) is 1.85. The summed E-state index contributed by atoms with van der Waals surface area (Å²) in [6.45, 7) is 2.05. The van der Waals surface area contributed by atoms with Gasteiger partial charge in [-0.05, 0) is 24.1 Å². The number of hydrogen-bond acceptors (Lipinski definition) is 3. The summed E-state index contributed by atoms with van der Waals surface area (Å²) in [5.41, 5.74) is 1.72. The van der Waals surface area contributed by atoms with Crippen LogP contribution in [0.15, 0.2) is 24.3 Å². The summed E-state index contributed by atoms with van der Waals surface area (Å²) < 4.78 is 0. The Morgan fingerprint density at radius 3 is 2.61 bits per heavy atom. The molecular formula is C13H15NO3S. The molecule has 0 spiro atoms. The molecule has 5 heteroatoms. The molecule has 1 aromatic rings. The molecule has 0 aromatic heterocycles. The van der Waals surface area contributed by atoms with Crippen LogP contribution < -0.4 is 0 Å². The quantitative estimate of drug-likeness (QED) is 0.906. The Labute approximate surface area is 110 Å². The van der Waals surface area contributed by atoms with E-state index in [1.165, 1.54) is 16.7 Å². The van der Waals surface area contributed by atoms with Crippen LogP contribution >= 0.6 is 11.8 Å². The first-order valence-corrected chi connectivity index (χ1v) is 6.99. The maximum atomic E-state index is 12.2. The first kappa shape index (κ1) is 13.0. The van der Waals surface area contributed by atoms with E-state index in [0.717, 1.165) is 12.0 Å². The second-order valence-corrected chi connectivity index (χ2v) is 5.18. The van der Waals surface area contributed by atoms with Gasteiger partial charge in [0.15, 0.2) is 0 Å². The Balaban J connectivity index is 2.17. The average Bonchev–Trinajstić information content (AvgIpc) is 2.87. The molecule has 1 fully saturated rings. The number of carbonyl (C=O) groups is 2. The first-order valence-electron chi connectivity index (χ1n) is 5.84. The summed E-state index contributed by atoms with van der Waals surface area (Å²) >= 11 is 1.47. The summed E-state index contributed by atoms with van der Waals surface area (Å²) in [5, 5.41) is 9.05. The Morgan fingerprint density at radius 2 is 2.06 bits per heavy atom. The number of aliphatic carboxylic acids is 1. The fourth-order valence-electron chi connectivity index (χ4n) is 1.90. The van der Waals surface area contributed by atoms with Crippen LogP contribution in [0.1, 0.15) is 22.8 Å². The summed E-state index contributed by atoms with van der Waals surface area (Å²) in [5.74, 6) is -0.215. The molecule has 0 saturated carbocycles. The van der Waals surface area contributed by atoms with Gasteiger partial charge in [0.1, 0.15) is 6.04 Å². The third-order valence-electron chi connectivity index (χ3n) is 3.04. The van der Waals surface area contributed by atoms with Gasteiger partial charge in [0.2, 0.25) is 0 Å². The third kappa shape index (κ3) is 2.51. The van der Waals surface area contributed by atoms with Gasteiger partial charge in [-0.1, -0.05) is 19.1 Å². The van der Waals surface area contributed by atoms with Gasteiger partial charge < -0.3 is 10.0 Å². The van der Waals surface area contributed by atoms with Crippen molar-refractivity contribution in [3.8, 4) is 0 Å². The van der Waals surface area contributed by atoms with Crippen molar-refractivity contribution in [1.82, 2.24) is 4.90 Å². The number of benzene rings is 1. The molecule has 1 saturated heterocycles. The van der Waals surface area contributed by atoms with E-state index in [-0.39, 0.29) is 5.91 Å². The van der Waals surface area contributed by atoms with Crippen molar-refractivity contribution >= 4 is 23.6 Å². The number of thioether (sulfide) groups is 1. The summed E-state index contributed by atoms with van der Waals surface area (Å²) in [6, 6.07) is 6.65. The van der Waals surface area contributed by atoms with Crippen LogP contribution in [0.25, 0.3) is 0 Å². The van der Waals surface area contributed by atoms with Crippen LogP contribution in [-0.2, 0) is 11.2 Å². The zero-order valence-electron chi connectivity index (χ0n) is 10.1. The van der Waals surface area contributed by atoms with Crippen LogP contribution in [-0.4, -0.2) is 39.6 Å². The number of nitrogens with zero attached hydrogens (tertiary/aromatic N) is 1. The molecule has 1 heterocycles. The standard InChI is InChI=1S/C13H15NO3S/c1-2-9-3-5-10(6-4-9)12(15)14-8-18-7-11(14)13(16)17/h3-6,11H,2,7-8H2,1H3,(H,16,17)/t11-/m0/s1. The Kier molecular flexibility index (Phi) is 3.91. The topological polar surface area (TPSA) is 57.6 Å². The lowest BCUT2D eigenvalue weighted by atomic mass is 10.1. The number of carbonyl (C=O) groups excluding carboxylic acids is 1. The van der Waals surface area contributed by atoms with Gasteiger partial charge in [-0.2, -0.15) is 0 Å². The lowest BCUT2D eigenvalue weighted by molar-refractivity contribution is -0.140. The minimum atomic E-state index is -0.932. The highest BCUT2D eigenvalue weighted by Crippen LogP contribution is 2.23. The second kappa shape index (κ2) is 5.44. The second-order valence-electron chi connectivity index (χ2n) is 4.18. The molecule has 2 rings (SSSR count). The molecule has 18 heavy (non-hydrogen) atoms. The van der Waals surface area contributed by atoms with Gasteiger partial charge in [-0.15, -0.1) is 11.8 Å². The molecule has 1 aromatic carbocycles. The highest BCUT2D eigenvalue weighted by Gasteiger charge is 2.34. The van der Waals surface area contributed by atoms with Gasteiger partial charge in [-0.3, -0.25) is 4.79 Å². The molecule has 1 amide bonds. The van der Waals surface area contributed by atoms with E-state index in [1.807, 2.05) is 19.1 Å². The van der Waals surface area contributed by atoms with Crippen molar-refractivity contribution in [2.24, 2.45) is 0 Å². The highest BCUT2D eigenvalue weighted by molar-refractivity contribution is 7.99. The molecule has 96 valence electrons. The van der Waals surface area contributed by atoms with Gasteiger partial charge in [0, 0.05) is 11.3 Å². The van der Waals surface area contributed by atoms with Gasteiger partial charge in [0.05, 0.1) is 5.88 Å². The summed E-state index contributed by atoms with van der Waals surface area (Å²) in [4.78, 5) is 24.7. The van der Waals surface area contributed by atoms with Crippen molar-refractivity contribution in [1.29, 1.82) is 0 Å². The number of aryl methyl sites for hydroxylation is 1. The number of rotatable bonds is 3. The van der Waals surface area contributed by atoms with Gasteiger partial charge in [-0.25, -0.2) is 4.79 Å². The molecule has 4 nitrogen and oxygen atoms in total. The molecule has 1 atom stereocenters. The summed E-state index contributed by atoms with van der Waals surface area (Å²) in [6.07, 6.45) is 0.922. The number of hydrogen-bond donors (Lipinski definition) is 1. The van der Waals surface area contributed by atoms with Crippen LogP contribution in [0, 0.1) is 0 Å². The maximum Gasteiger partial charge on any atom is 0.327 e. The minimum Gasteiger partial charge on any atom is -0.480 e. The van der Waals surface area contributed by atoms with E-state index in [9.17, 15) is 9.59 Å². The van der Waals surface area contributed by atoms with E-state index < -0.39 is 12.0 Å². The normalized spacial score (nSPS) is 18.9. The maximum absolute atomic E-state index is 12.2. The Bertz CT molecular complexity index is 458. The van der Waals surface area contributed by atoms with Crippen molar-refractivity contribution in [2.45, 2.75) is 19.4 Å². The minimum absolute atomic E-state index is 0.199. The molecule has 1 N–H and O–H groups in total. The van der Waals surface area contributed by atoms with Crippen LogP contribution in [0.5, 0.6) is 0 Å². The Morgan fingerprint density at radius 1 is 1.39 bits per heavy atom. The lowest BCUT2D eigenvalue weighted by Crippen LogP contribution is -2.41. The van der Waals surface area contributed by atoms with Crippen molar-refractivity contribution in [3.05, 3.63) is 35.4 Å². The van der Waals surface area contributed by atoms with Gasteiger partial charge >= 0.3 is 5.97 Å². The molecular weight excluding hydrogens is 250 g/mol. The van der Waals surface area contributed by atoms with Crippen molar-refractivity contribution in [2.75, 3.05) is 11.6 Å². The number of amides is 1. The smallest absolute Gasteiger partial charge is 0.327 e. The van der Waals surface area contributed by atoms with E-state index in [4.69, 9.17) is 5.11 Å². The summed E-state index contributed by atoms with van der Waals surface area (Å²) in [7, 11) is 0. The van der Waals surface area contributed by atoms with E-state index in [1.54, 1.807) is 12.1 Å². The van der Waals surface area contributed by atoms with E-state index in [2.05, 4.69) is 0 Å². The number of carboxylic acid groups (broad SMARTS) is 1. The third-order valence-corrected chi connectivity index (χ3v) is 4.05. The zero-order chi connectivity index (χ0) is 13.1. The van der Waals surface area contributed by atoms with Crippen molar-refractivity contribution in [3.63, 3.8) is 0 Å². The fourth-order valence-corrected chi connectivity index (χ4v) is 3.04. The molecule has 1 aliphatic heterocycles. The molecule has 0 aliphatic carbocycles. The van der Waals surface area contributed by atoms with Crippen LogP contribution in [0.3, 0.4) is 0 Å². The van der Waals surface area contributed by atoms with Gasteiger partial charge in [0.25, 0.3) is 5.91 Å². The molecule has 0 bridgehead atoms. The zero-order valence-corrected chi connectivity index (χ0v) is 10.9. The molecule has 0 unspecified atom stereocenters. The monoisotopic (exact) mass is 265 g/mol.